The molecule has 0 bridgehead atoms. The number of hydrogen-bond donors (Lipinski definition) is 2. The van der Waals surface area contributed by atoms with E-state index in [2.05, 4.69) is 10.6 Å². The van der Waals surface area contributed by atoms with Crippen LogP contribution in [-0.4, -0.2) is 31.6 Å². The molecular weight excluding hydrogens is 264 g/mol. The number of benzene rings is 2. The number of fused-ring (bicyclic) bond motifs is 1. The van der Waals surface area contributed by atoms with E-state index in [4.69, 9.17) is 4.74 Å². The fourth-order valence-corrected chi connectivity index (χ4v) is 2.68. The van der Waals surface area contributed by atoms with E-state index in [1.165, 1.54) is 6.42 Å². The van der Waals surface area contributed by atoms with Crippen LogP contribution < -0.4 is 15.4 Å². The highest BCUT2D eigenvalue weighted by atomic mass is 16.5. The Morgan fingerprint density at radius 1 is 1.24 bits per heavy atom. The molecule has 0 aliphatic carbocycles. The highest BCUT2D eigenvalue weighted by Gasteiger charge is 2.14. The summed E-state index contributed by atoms with van der Waals surface area (Å²) in [5.41, 5.74) is 0. The third-order valence-electron chi connectivity index (χ3n) is 3.82. The highest BCUT2D eigenvalue weighted by Crippen LogP contribution is 2.24. The minimum Gasteiger partial charge on any atom is -0.483 e. The Hall–Kier alpha value is -2.07. The van der Waals surface area contributed by atoms with Crippen molar-refractivity contribution in [2.75, 3.05) is 19.7 Å². The van der Waals surface area contributed by atoms with Crippen molar-refractivity contribution in [1.29, 1.82) is 0 Å². The van der Waals surface area contributed by atoms with Crippen LogP contribution in [0, 0.1) is 0 Å². The minimum atomic E-state index is -0.0726. The van der Waals surface area contributed by atoms with Crippen LogP contribution in [0.4, 0.5) is 0 Å². The van der Waals surface area contributed by atoms with E-state index < -0.39 is 0 Å². The van der Waals surface area contributed by atoms with Crippen LogP contribution in [0.5, 0.6) is 5.75 Å². The Balaban J connectivity index is 1.54. The Morgan fingerprint density at radius 2 is 2.10 bits per heavy atom. The van der Waals surface area contributed by atoms with E-state index in [9.17, 15) is 4.79 Å². The molecule has 1 fully saturated rings. The molecule has 0 aromatic heterocycles. The van der Waals surface area contributed by atoms with E-state index in [1.54, 1.807) is 0 Å². The second-order valence-electron chi connectivity index (χ2n) is 5.36. The second-order valence-corrected chi connectivity index (χ2v) is 5.36. The molecule has 2 N–H and O–H groups in total. The van der Waals surface area contributed by atoms with Crippen LogP contribution in [0.2, 0.25) is 0 Å². The SMILES string of the molecule is O=C(COc1cccc2ccccc12)NCC1CCCN1. The van der Waals surface area contributed by atoms with Crippen molar-refractivity contribution in [2.24, 2.45) is 0 Å². The lowest BCUT2D eigenvalue weighted by Crippen LogP contribution is -2.39. The van der Waals surface area contributed by atoms with Crippen molar-refractivity contribution < 1.29 is 9.53 Å². The van der Waals surface area contributed by atoms with Gasteiger partial charge in [0, 0.05) is 18.0 Å². The van der Waals surface area contributed by atoms with Gasteiger partial charge in [-0.2, -0.15) is 0 Å². The van der Waals surface area contributed by atoms with E-state index in [0.29, 0.717) is 12.6 Å². The smallest absolute Gasteiger partial charge is 0.257 e. The molecule has 4 heteroatoms. The summed E-state index contributed by atoms with van der Waals surface area (Å²) in [6.07, 6.45) is 2.32. The van der Waals surface area contributed by atoms with Crippen molar-refractivity contribution >= 4 is 16.7 Å². The summed E-state index contributed by atoms with van der Waals surface area (Å²) < 4.78 is 5.66. The summed E-state index contributed by atoms with van der Waals surface area (Å²) in [6.45, 7) is 1.78. The molecule has 1 aliphatic rings. The Morgan fingerprint density at radius 3 is 2.95 bits per heavy atom. The molecule has 0 saturated carbocycles. The maximum absolute atomic E-state index is 11.8. The van der Waals surface area contributed by atoms with Gasteiger partial charge >= 0.3 is 0 Å². The van der Waals surface area contributed by atoms with Crippen molar-refractivity contribution in [3.8, 4) is 5.75 Å². The lowest BCUT2D eigenvalue weighted by Gasteiger charge is -2.12. The first kappa shape index (κ1) is 13.9. The van der Waals surface area contributed by atoms with Crippen molar-refractivity contribution in [1.82, 2.24) is 10.6 Å². The monoisotopic (exact) mass is 284 g/mol. The molecule has 1 amide bonds. The third kappa shape index (κ3) is 3.52. The number of hydrogen-bond acceptors (Lipinski definition) is 3. The van der Waals surface area contributed by atoms with Crippen molar-refractivity contribution in [3.63, 3.8) is 0 Å². The van der Waals surface area contributed by atoms with Crippen molar-refractivity contribution in [2.45, 2.75) is 18.9 Å². The predicted octanol–water partition coefficient (Wildman–Crippen LogP) is 2.09. The van der Waals surface area contributed by atoms with E-state index in [-0.39, 0.29) is 12.5 Å². The molecule has 1 unspecified atom stereocenters. The van der Waals surface area contributed by atoms with Gasteiger partial charge in [0.15, 0.2) is 6.61 Å². The van der Waals surface area contributed by atoms with Gasteiger partial charge in [-0.15, -0.1) is 0 Å². The summed E-state index contributed by atoms with van der Waals surface area (Å²) in [5, 5.41) is 8.42. The largest absolute Gasteiger partial charge is 0.483 e. The van der Waals surface area contributed by atoms with E-state index in [0.717, 1.165) is 29.5 Å². The van der Waals surface area contributed by atoms with Gasteiger partial charge < -0.3 is 15.4 Å². The van der Waals surface area contributed by atoms with Gasteiger partial charge in [-0.3, -0.25) is 4.79 Å². The summed E-state index contributed by atoms with van der Waals surface area (Å²) >= 11 is 0. The molecule has 1 saturated heterocycles. The Kier molecular flexibility index (Phi) is 4.36. The zero-order valence-corrected chi connectivity index (χ0v) is 12.0. The molecular formula is C17H20N2O2. The van der Waals surface area contributed by atoms with E-state index >= 15 is 0 Å². The van der Waals surface area contributed by atoms with Gasteiger partial charge in [0.2, 0.25) is 0 Å². The molecule has 0 spiro atoms. The van der Waals surface area contributed by atoms with Crippen LogP contribution in [0.1, 0.15) is 12.8 Å². The van der Waals surface area contributed by atoms with Gasteiger partial charge in [-0.1, -0.05) is 36.4 Å². The molecule has 1 aliphatic heterocycles. The first-order valence-electron chi connectivity index (χ1n) is 7.43. The van der Waals surface area contributed by atoms with Crippen LogP contribution in [0.25, 0.3) is 10.8 Å². The van der Waals surface area contributed by atoms with Gasteiger partial charge in [0.25, 0.3) is 5.91 Å². The third-order valence-corrected chi connectivity index (χ3v) is 3.82. The molecule has 4 nitrogen and oxygen atoms in total. The fraction of sp³-hybridized carbons (Fsp3) is 0.353. The van der Waals surface area contributed by atoms with Crippen LogP contribution in [0.15, 0.2) is 42.5 Å². The topological polar surface area (TPSA) is 50.4 Å². The number of nitrogens with one attached hydrogen (secondary N) is 2. The Bertz CT molecular complexity index is 616. The molecule has 1 atom stereocenters. The zero-order valence-electron chi connectivity index (χ0n) is 12.0. The number of amides is 1. The average molecular weight is 284 g/mol. The molecule has 1 heterocycles. The molecule has 110 valence electrons. The average Bonchev–Trinajstić information content (AvgIpc) is 3.04. The first-order chi connectivity index (χ1) is 10.3. The molecule has 0 radical (unpaired) electrons. The normalized spacial score (nSPS) is 17.8. The van der Waals surface area contributed by atoms with Crippen LogP contribution in [0.3, 0.4) is 0 Å². The summed E-state index contributed by atoms with van der Waals surface area (Å²) in [6, 6.07) is 14.3. The van der Waals surface area contributed by atoms with E-state index in [1.807, 2.05) is 42.5 Å². The highest BCUT2D eigenvalue weighted by molar-refractivity contribution is 5.88. The summed E-state index contributed by atoms with van der Waals surface area (Å²) in [4.78, 5) is 11.8. The van der Waals surface area contributed by atoms with Gasteiger partial charge in [-0.25, -0.2) is 0 Å². The summed E-state index contributed by atoms with van der Waals surface area (Å²) in [5.74, 6) is 0.680. The number of carbonyl (C=O) groups excluding carboxylic acids is 1. The fourth-order valence-electron chi connectivity index (χ4n) is 2.68. The predicted molar refractivity (Wildman–Crippen MR) is 83.5 cm³/mol. The standard InChI is InChI=1S/C17H20N2O2/c20-17(19-11-14-7-4-10-18-14)12-21-16-9-3-6-13-5-1-2-8-15(13)16/h1-3,5-6,8-9,14,18H,4,7,10-12H2,(H,19,20). The lowest BCUT2D eigenvalue weighted by molar-refractivity contribution is -0.123. The molecule has 2 aromatic carbocycles. The molecule has 3 rings (SSSR count). The first-order valence-corrected chi connectivity index (χ1v) is 7.43. The lowest BCUT2D eigenvalue weighted by atomic mass is 10.1. The zero-order chi connectivity index (χ0) is 14.5. The number of ether oxygens (including phenoxy) is 1. The number of carbonyl (C=O) groups is 1. The van der Waals surface area contributed by atoms with Gasteiger partial charge in [-0.05, 0) is 30.8 Å². The second kappa shape index (κ2) is 6.59. The summed E-state index contributed by atoms with van der Waals surface area (Å²) in [7, 11) is 0. The van der Waals surface area contributed by atoms with Crippen LogP contribution in [-0.2, 0) is 4.79 Å². The van der Waals surface area contributed by atoms with Gasteiger partial charge in [0.1, 0.15) is 5.75 Å². The maximum atomic E-state index is 11.8. The molecule has 21 heavy (non-hydrogen) atoms. The van der Waals surface area contributed by atoms with Crippen molar-refractivity contribution in [3.05, 3.63) is 42.5 Å². The quantitative estimate of drug-likeness (QED) is 0.884. The Labute approximate surface area is 124 Å². The minimum absolute atomic E-state index is 0.0563. The number of rotatable bonds is 5. The maximum Gasteiger partial charge on any atom is 0.257 e. The van der Waals surface area contributed by atoms with Gasteiger partial charge in [0.05, 0.1) is 0 Å². The molecule has 2 aromatic rings. The van der Waals surface area contributed by atoms with Crippen LogP contribution >= 0.6 is 0 Å².